The van der Waals surface area contributed by atoms with Gasteiger partial charge in [-0.15, -0.1) is 11.3 Å². The van der Waals surface area contributed by atoms with E-state index in [1.807, 2.05) is 12.1 Å². The first-order valence-electron chi connectivity index (χ1n) is 10.5. The van der Waals surface area contributed by atoms with E-state index < -0.39 is 18.0 Å². The maximum absolute atomic E-state index is 12.9. The minimum absolute atomic E-state index is 0.0848. The SMILES string of the molecule is COc1ccc(-c2nc(CC(=O)O[C@@H](C)C(=O)N3CC(=O)Nc4ccccc43)cs2)cc1OC. The number of aromatic nitrogens is 1. The average molecular weight is 482 g/mol. The van der Waals surface area contributed by atoms with Crippen LogP contribution < -0.4 is 19.7 Å². The van der Waals surface area contributed by atoms with Crippen molar-refractivity contribution in [3.05, 3.63) is 53.5 Å². The molecule has 0 bridgehead atoms. The van der Waals surface area contributed by atoms with Gasteiger partial charge in [0.1, 0.15) is 11.6 Å². The van der Waals surface area contributed by atoms with Crippen LogP contribution in [0.5, 0.6) is 11.5 Å². The van der Waals surface area contributed by atoms with Crippen LogP contribution in [0.25, 0.3) is 10.6 Å². The minimum Gasteiger partial charge on any atom is -0.493 e. The number of hydrogen-bond donors (Lipinski definition) is 1. The number of nitrogens with zero attached hydrogens (tertiary/aromatic N) is 2. The number of para-hydroxylation sites is 2. The quantitative estimate of drug-likeness (QED) is 0.516. The zero-order chi connectivity index (χ0) is 24.2. The largest absolute Gasteiger partial charge is 0.493 e. The number of hydrogen-bond acceptors (Lipinski definition) is 8. The van der Waals surface area contributed by atoms with Crippen LogP contribution in [-0.4, -0.2) is 49.6 Å². The second-order valence-corrected chi connectivity index (χ2v) is 8.37. The molecule has 2 amide bonds. The number of methoxy groups -OCH3 is 2. The summed E-state index contributed by atoms with van der Waals surface area (Å²) in [5.41, 5.74) is 2.46. The summed E-state index contributed by atoms with van der Waals surface area (Å²) in [6.45, 7) is 1.35. The van der Waals surface area contributed by atoms with Crippen molar-refractivity contribution < 1.29 is 28.6 Å². The first-order valence-corrected chi connectivity index (χ1v) is 11.3. The van der Waals surface area contributed by atoms with Gasteiger partial charge in [0.25, 0.3) is 5.91 Å². The van der Waals surface area contributed by atoms with Crippen molar-refractivity contribution in [2.45, 2.75) is 19.4 Å². The number of thiazole rings is 1. The third-order valence-corrected chi connectivity index (χ3v) is 6.14. The molecular weight excluding hydrogens is 458 g/mol. The molecule has 3 aromatic rings. The number of esters is 1. The zero-order valence-electron chi connectivity index (χ0n) is 18.9. The number of amides is 2. The summed E-state index contributed by atoms with van der Waals surface area (Å²) < 4.78 is 16.0. The van der Waals surface area contributed by atoms with Gasteiger partial charge >= 0.3 is 5.97 Å². The van der Waals surface area contributed by atoms with E-state index in [0.717, 1.165) is 5.56 Å². The molecule has 0 saturated carbocycles. The molecule has 0 radical (unpaired) electrons. The number of nitrogens with one attached hydrogen (secondary N) is 1. The Hall–Kier alpha value is -3.92. The number of rotatable bonds is 7. The first-order chi connectivity index (χ1) is 16.4. The Balaban J connectivity index is 1.40. The Morgan fingerprint density at radius 3 is 2.68 bits per heavy atom. The van der Waals surface area contributed by atoms with Crippen molar-refractivity contribution in [2.24, 2.45) is 0 Å². The van der Waals surface area contributed by atoms with Crippen LogP contribution in [0, 0.1) is 0 Å². The van der Waals surface area contributed by atoms with Crippen molar-refractivity contribution in [3.63, 3.8) is 0 Å². The monoisotopic (exact) mass is 481 g/mol. The van der Waals surface area contributed by atoms with Crippen molar-refractivity contribution in [2.75, 3.05) is 31.0 Å². The molecule has 2 aromatic carbocycles. The van der Waals surface area contributed by atoms with Gasteiger partial charge in [0, 0.05) is 10.9 Å². The number of ether oxygens (including phenoxy) is 3. The zero-order valence-corrected chi connectivity index (χ0v) is 19.7. The van der Waals surface area contributed by atoms with Crippen molar-refractivity contribution in [1.82, 2.24) is 4.98 Å². The maximum atomic E-state index is 12.9. The van der Waals surface area contributed by atoms with Crippen molar-refractivity contribution in [3.8, 4) is 22.1 Å². The summed E-state index contributed by atoms with van der Waals surface area (Å²) in [5, 5.41) is 5.20. The molecule has 1 aromatic heterocycles. The fraction of sp³-hybridized carbons (Fsp3) is 0.250. The molecule has 0 unspecified atom stereocenters. The Morgan fingerprint density at radius 1 is 1.15 bits per heavy atom. The van der Waals surface area contributed by atoms with Crippen LogP contribution in [0.4, 0.5) is 11.4 Å². The molecule has 1 N–H and O–H groups in total. The summed E-state index contributed by atoms with van der Waals surface area (Å²) in [5.74, 6) is -0.175. The molecule has 0 saturated heterocycles. The standard InChI is InChI=1S/C24H23N3O6S/c1-14(24(30)27-12-21(28)26-17-6-4-5-7-18(17)27)33-22(29)11-16-13-34-23(25-16)15-8-9-19(31-2)20(10-15)32-3/h4-10,13-14H,11-12H2,1-3H3,(H,26,28)/t14-/m0/s1. The van der Waals surface area contributed by atoms with Crippen molar-refractivity contribution in [1.29, 1.82) is 0 Å². The highest BCUT2D eigenvalue weighted by Gasteiger charge is 2.31. The lowest BCUT2D eigenvalue weighted by Gasteiger charge is -2.30. The van der Waals surface area contributed by atoms with Gasteiger partial charge < -0.3 is 19.5 Å². The molecule has 10 heteroatoms. The van der Waals surface area contributed by atoms with Crippen LogP contribution in [0.1, 0.15) is 12.6 Å². The van der Waals surface area contributed by atoms with Gasteiger partial charge in [0.2, 0.25) is 5.91 Å². The predicted molar refractivity (Wildman–Crippen MR) is 127 cm³/mol. The first kappa shape index (κ1) is 23.2. The van der Waals surface area contributed by atoms with E-state index in [0.29, 0.717) is 33.6 Å². The molecule has 0 spiro atoms. The van der Waals surface area contributed by atoms with E-state index in [1.54, 1.807) is 49.9 Å². The van der Waals surface area contributed by atoms with E-state index in [1.165, 1.54) is 23.2 Å². The lowest BCUT2D eigenvalue weighted by Crippen LogP contribution is -2.47. The third-order valence-electron chi connectivity index (χ3n) is 5.20. The number of fused-ring (bicyclic) bond motifs is 1. The normalized spacial score (nSPS) is 13.5. The highest BCUT2D eigenvalue weighted by Crippen LogP contribution is 2.34. The van der Waals surface area contributed by atoms with Crippen LogP contribution >= 0.6 is 11.3 Å². The van der Waals surface area contributed by atoms with E-state index in [-0.39, 0.29) is 18.9 Å². The molecular formula is C24H23N3O6S. The van der Waals surface area contributed by atoms with Gasteiger partial charge in [-0.1, -0.05) is 12.1 Å². The second-order valence-electron chi connectivity index (χ2n) is 7.51. The van der Waals surface area contributed by atoms with E-state index in [2.05, 4.69) is 10.3 Å². The molecule has 34 heavy (non-hydrogen) atoms. The molecule has 0 aliphatic carbocycles. The second kappa shape index (κ2) is 9.92. The fourth-order valence-electron chi connectivity index (χ4n) is 3.58. The number of benzene rings is 2. The van der Waals surface area contributed by atoms with Gasteiger partial charge in [-0.25, -0.2) is 4.98 Å². The molecule has 1 atom stereocenters. The van der Waals surface area contributed by atoms with E-state index in [9.17, 15) is 14.4 Å². The molecule has 1 aliphatic rings. The van der Waals surface area contributed by atoms with Gasteiger partial charge in [-0.05, 0) is 37.3 Å². The lowest BCUT2D eigenvalue weighted by molar-refractivity contribution is -0.153. The summed E-state index contributed by atoms with van der Waals surface area (Å²) in [6, 6.07) is 12.4. The lowest BCUT2D eigenvalue weighted by atomic mass is 10.1. The molecule has 176 valence electrons. The topological polar surface area (TPSA) is 107 Å². The van der Waals surface area contributed by atoms with Gasteiger partial charge in [-0.3, -0.25) is 19.3 Å². The predicted octanol–water partition coefficient (Wildman–Crippen LogP) is 3.29. The Morgan fingerprint density at radius 2 is 1.91 bits per heavy atom. The molecule has 2 heterocycles. The third kappa shape index (κ3) is 4.86. The highest BCUT2D eigenvalue weighted by atomic mass is 32.1. The van der Waals surface area contributed by atoms with Crippen LogP contribution in [0.3, 0.4) is 0 Å². The number of carbonyl (C=O) groups is 3. The molecule has 4 rings (SSSR count). The summed E-state index contributed by atoms with van der Waals surface area (Å²) >= 11 is 1.38. The molecule has 1 aliphatic heterocycles. The minimum atomic E-state index is -1.06. The highest BCUT2D eigenvalue weighted by molar-refractivity contribution is 7.13. The number of carbonyl (C=O) groups excluding carboxylic acids is 3. The van der Waals surface area contributed by atoms with E-state index in [4.69, 9.17) is 14.2 Å². The summed E-state index contributed by atoms with van der Waals surface area (Å²) in [7, 11) is 3.12. The maximum Gasteiger partial charge on any atom is 0.312 e. The Bertz CT molecular complexity index is 1240. The van der Waals surface area contributed by atoms with Crippen LogP contribution in [0.2, 0.25) is 0 Å². The van der Waals surface area contributed by atoms with Gasteiger partial charge in [-0.2, -0.15) is 0 Å². The summed E-state index contributed by atoms with van der Waals surface area (Å²) in [6.07, 6.45) is -1.14. The van der Waals surface area contributed by atoms with Crippen LogP contribution in [0.15, 0.2) is 47.8 Å². The fourth-order valence-corrected chi connectivity index (χ4v) is 4.39. The average Bonchev–Trinajstić information content (AvgIpc) is 3.30. The van der Waals surface area contributed by atoms with Gasteiger partial charge in [0.05, 0.1) is 37.7 Å². The summed E-state index contributed by atoms with van der Waals surface area (Å²) in [4.78, 5) is 43.3. The smallest absolute Gasteiger partial charge is 0.312 e. The Labute approximate surface area is 200 Å². The van der Waals surface area contributed by atoms with Crippen molar-refractivity contribution >= 4 is 40.5 Å². The van der Waals surface area contributed by atoms with E-state index >= 15 is 0 Å². The molecule has 0 fully saturated rings. The molecule has 9 nitrogen and oxygen atoms in total. The number of anilines is 2. The Kier molecular flexibility index (Phi) is 6.78. The van der Waals surface area contributed by atoms with Gasteiger partial charge in [0.15, 0.2) is 17.6 Å². The van der Waals surface area contributed by atoms with Crippen LogP contribution in [-0.2, 0) is 25.5 Å².